The highest BCUT2D eigenvalue weighted by Crippen LogP contribution is 2.39. The summed E-state index contributed by atoms with van der Waals surface area (Å²) in [5.41, 5.74) is 3.64. The molecule has 0 atom stereocenters. The number of nitrogens with zero attached hydrogens (tertiary/aromatic N) is 2. The molecule has 1 saturated heterocycles. The number of aliphatic imine (C=N–C) groups is 1. The first-order chi connectivity index (χ1) is 17.1. The smallest absolute Gasteiger partial charge is 0.341 e. The molecule has 0 unspecified atom stereocenters. The molecule has 1 N–H and O–H groups in total. The summed E-state index contributed by atoms with van der Waals surface area (Å²) in [6.07, 6.45) is 1.69. The Bertz CT molecular complexity index is 1440. The minimum Gasteiger partial charge on any atom is -0.480 e. The number of carboxylic acid groups (broad SMARTS) is 1. The van der Waals surface area contributed by atoms with E-state index < -0.39 is 12.6 Å². The zero-order valence-corrected chi connectivity index (χ0v) is 22.2. The van der Waals surface area contributed by atoms with E-state index in [0.29, 0.717) is 37.1 Å². The van der Waals surface area contributed by atoms with Crippen LogP contribution in [0.3, 0.4) is 0 Å². The number of ether oxygens (including phenoxy) is 1. The number of aryl methyl sites for hydroxylation is 2. The maximum atomic E-state index is 13.5. The SMILES string of the molecule is Cc1ccc(N=C2S/C(=C/c3ccc(OCC(=O)O)c(Cl)c3)C(=O)N2c2ccc(C)c(Cl)c2)cc1Cl. The van der Waals surface area contributed by atoms with Crippen molar-refractivity contribution in [2.75, 3.05) is 11.5 Å². The zero-order valence-electron chi connectivity index (χ0n) is 19.1. The van der Waals surface area contributed by atoms with Crippen LogP contribution in [-0.2, 0) is 9.59 Å². The number of thioether (sulfide) groups is 1. The van der Waals surface area contributed by atoms with Gasteiger partial charge in [0.15, 0.2) is 11.8 Å². The van der Waals surface area contributed by atoms with E-state index in [2.05, 4.69) is 0 Å². The van der Waals surface area contributed by atoms with E-state index in [1.54, 1.807) is 36.4 Å². The first-order valence-electron chi connectivity index (χ1n) is 10.6. The van der Waals surface area contributed by atoms with Crippen molar-refractivity contribution < 1.29 is 19.4 Å². The fraction of sp³-hybridized carbons (Fsp3) is 0.115. The van der Waals surface area contributed by atoms with Crippen molar-refractivity contribution in [3.63, 3.8) is 0 Å². The summed E-state index contributed by atoms with van der Waals surface area (Å²) >= 11 is 20.1. The molecule has 1 aliphatic rings. The van der Waals surface area contributed by atoms with Crippen molar-refractivity contribution in [1.29, 1.82) is 0 Å². The molecule has 184 valence electrons. The number of rotatable bonds is 6. The second-order valence-electron chi connectivity index (χ2n) is 7.88. The maximum Gasteiger partial charge on any atom is 0.341 e. The molecule has 0 saturated carbocycles. The molecule has 36 heavy (non-hydrogen) atoms. The zero-order chi connectivity index (χ0) is 26.0. The molecule has 10 heteroatoms. The van der Waals surface area contributed by atoms with E-state index in [0.717, 1.165) is 11.1 Å². The second-order valence-corrected chi connectivity index (χ2v) is 10.1. The maximum absolute atomic E-state index is 13.5. The van der Waals surface area contributed by atoms with Crippen LogP contribution >= 0.6 is 46.6 Å². The predicted molar refractivity (Wildman–Crippen MR) is 147 cm³/mol. The van der Waals surface area contributed by atoms with Crippen molar-refractivity contribution in [3.8, 4) is 5.75 Å². The Hall–Kier alpha value is -2.97. The molecule has 1 heterocycles. The van der Waals surface area contributed by atoms with E-state index in [4.69, 9.17) is 49.6 Å². The van der Waals surface area contributed by atoms with Crippen molar-refractivity contribution in [2.24, 2.45) is 4.99 Å². The van der Waals surface area contributed by atoms with Gasteiger partial charge < -0.3 is 9.84 Å². The number of aliphatic carboxylic acids is 1. The third-order valence-electron chi connectivity index (χ3n) is 5.21. The molecule has 0 bridgehead atoms. The standard InChI is InChI=1S/C26H19Cl3N2O4S/c1-14-3-6-17(11-19(14)27)30-26-31(18-7-4-15(2)20(28)12-18)25(34)23(36-26)10-16-5-8-22(21(29)9-16)35-13-24(32)33/h3-12H,13H2,1-2H3,(H,32,33)/b23-10+,30-26?. The number of halogens is 3. The summed E-state index contributed by atoms with van der Waals surface area (Å²) < 4.78 is 5.17. The van der Waals surface area contributed by atoms with Crippen LogP contribution < -0.4 is 9.64 Å². The van der Waals surface area contributed by atoms with Crippen LogP contribution in [-0.4, -0.2) is 28.8 Å². The van der Waals surface area contributed by atoms with E-state index in [1.807, 2.05) is 38.1 Å². The fourth-order valence-corrected chi connectivity index (χ4v) is 4.87. The van der Waals surface area contributed by atoms with Gasteiger partial charge in [0.1, 0.15) is 5.75 Å². The molecular formula is C26H19Cl3N2O4S. The van der Waals surface area contributed by atoms with Crippen molar-refractivity contribution in [3.05, 3.63) is 91.3 Å². The van der Waals surface area contributed by atoms with E-state index >= 15 is 0 Å². The number of carbonyl (C=O) groups excluding carboxylic acids is 1. The van der Waals surface area contributed by atoms with Gasteiger partial charge in [-0.25, -0.2) is 9.79 Å². The second kappa shape index (κ2) is 11.0. The number of amides is 1. The molecule has 1 amide bonds. The predicted octanol–water partition coefficient (Wildman–Crippen LogP) is 7.54. The van der Waals surface area contributed by atoms with Crippen LogP contribution in [0.4, 0.5) is 11.4 Å². The Morgan fingerprint density at radius 1 is 1.00 bits per heavy atom. The van der Waals surface area contributed by atoms with Crippen LogP contribution in [0.2, 0.25) is 15.1 Å². The molecule has 4 rings (SSSR count). The lowest BCUT2D eigenvalue weighted by atomic mass is 10.2. The van der Waals surface area contributed by atoms with Gasteiger partial charge in [-0.1, -0.05) is 53.0 Å². The van der Waals surface area contributed by atoms with Crippen molar-refractivity contribution >= 4 is 81.1 Å². The van der Waals surface area contributed by atoms with Gasteiger partial charge >= 0.3 is 5.97 Å². The molecule has 0 aromatic heterocycles. The number of anilines is 1. The topological polar surface area (TPSA) is 79.2 Å². The van der Waals surface area contributed by atoms with Crippen molar-refractivity contribution in [1.82, 2.24) is 0 Å². The first-order valence-corrected chi connectivity index (χ1v) is 12.6. The number of carboxylic acids is 1. The Kier molecular flexibility index (Phi) is 7.95. The van der Waals surface area contributed by atoms with Crippen LogP contribution in [0.25, 0.3) is 6.08 Å². The molecule has 3 aromatic rings. The van der Waals surface area contributed by atoms with Gasteiger partial charge in [-0.3, -0.25) is 9.69 Å². The average molecular weight is 562 g/mol. The van der Waals surface area contributed by atoms with E-state index in [9.17, 15) is 9.59 Å². The highest BCUT2D eigenvalue weighted by atomic mass is 35.5. The van der Waals surface area contributed by atoms with E-state index in [1.165, 1.54) is 16.7 Å². The summed E-state index contributed by atoms with van der Waals surface area (Å²) in [4.78, 5) is 30.9. The van der Waals surface area contributed by atoms with Gasteiger partial charge in [0, 0.05) is 10.0 Å². The third kappa shape index (κ3) is 5.87. The van der Waals surface area contributed by atoms with Gasteiger partial charge in [-0.15, -0.1) is 0 Å². The minimum atomic E-state index is -1.11. The van der Waals surface area contributed by atoms with Gasteiger partial charge in [0.25, 0.3) is 5.91 Å². The summed E-state index contributed by atoms with van der Waals surface area (Å²) in [7, 11) is 0. The molecule has 1 fully saturated rings. The number of hydrogen-bond donors (Lipinski definition) is 1. The lowest BCUT2D eigenvalue weighted by Gasteiger charge is -2.16. The Labute approximate surface area is 227 Å². The number of carbonyl (C=O) groups is 2. The highest BCUT2D eigenvalue weighted by molar-refractivity contribution is 8.19. The molecule has 3 aromatic carbocycles. The lowest BCUT2D eigenvalue weighted by molar-refractivity contribution is -0.139. The highest BCUT2D eigenvalue weighted by Gasteiger charge is 2.35. The third-order valence-corrected chi connectivity index (χ3v) is 7.28. The van der Waals surface area contributed by atoms with Crippen molar-refractivity contribution in [2.45, 2.75) is 13.8 Å². The van der Waals surface area contributed by atoms with E-state index in [-0.39, 0.29) is 16.7 Å². The summed E-state index contributed by atoms with van der Waals surface area (Å²) in [5.74, 6) is -1.15. The summed E-state index contributed by atoms with van der Waals surface area (Å²) in [6.45, 7) is 3.28. The molecule has 1 aliphatic heterocycles. The molecule has 6 nitrogen and oxygen atoms in total. The molecular weight excluding hydrogens is 543 g/mol. The molecule has 0 radical (unpaired) electrons. The number of hydrogen-bond acceptors (Lipinski definition) is 5. The number of benzene rings is 3. The molecule has 0 aliphatic carbocycles. The fourth-order valence-electron chi connectivity index (χ4n) is 3.27. The van der Waals surface area contributed by atoms with Crippen LogP contribution in [0.15, 0.2) is 64.5 Å². The summed E-state index contributed by atoms with van der Waals surface area (Å²) in [6, 6.07) is 15.7. The monoisotopic (exact) mass is 560 g/mol. The van der Waals surface area contributed by atoms with Gasteiger partial charge in [0.05, 0.1) is 21.3 Å². The Morgan fingerprint density at radius 2 is 1.69 bits per heavy atom. The van der Waals surface area contributed by atoms with Gasteiger partial charge in [0.2, 0.25) is 0 Å². The van der Waals surface area contributed by atoms with Gasteiger partial charge in [-0.2, -0.15) is 0 Å². The lowest BCUT2D eigenvalue weighted by Crippen LogP contribution is -2.28. The Balaban J connectivity index is 1.73. The Morgan fingerprint density at radius 3 is 2.33 bits per heavy atom. The van der Waals surface area contributed by atoms with Crippen LogP contribution in [0.5, 0.6) is 5.75 Å². The summed E-state index contributed by atoms with van der Waals surface area (Å²) in [5, 5.41) is 10.6. The quantitative estimate of drug-likeness (QED) is 0.315. The number of amidine groups is 1. The average Bonchev–Trinajstić information content (AvgIpc) is 3.12. The normalized spacial score (nSPS) is 15.7. The molecule has 0 spiro atoms. The minimum absolute atomic E-state index is 0.228. The largest absolute Gasteiger partial charge is 0.480 e. The first kappa shape index (κ1) is 26.1. The van der Waals surface area contributed by atoms with Gasteiger partial charge in [-0.05, 0) is 84.8 Å². The van der Waals surface area contributed by atoms with Crippen LogP contribution in [0, 0.1) is 13.8 Å². The van der Waals surface area contributed by atoms with Crippen LogP contribution in [0.1, 0.15) is 16.7 Å².